The predicted octanol–water partition coefficient (Wildman–Crippen LogP) is 2.87. The van der Waals surface area contributed by atoms with Crippen LogP contribution in [0.15, 0.2) is 60.8 Å². The molecule has 0 saturated carbocycles. The van der Waals surface area contributed by atoms with E-state index in [1.54, 1.807) is 0 Å². The van der Waals surface area contributed by atoms with Crippen molar-refractivity contribution in [3.63, 3.8) is 0 Å². The molecule has 21 heavy (non-hydrogen) atoms. The van der Waals surface area contributed by atoms with E-state index in [4.69, 9.17) is 0 Å². The zero-order chi connectivity index (χ0) is 14.1. The lowest BCUT2D eigenvalue weighted by Crippen LogP contribution is -1.97. The maximum Gasteiger partial charge on any atom is 0.204 e. The number of hydrogen-bond donors (Lipinski definition) is 1. The first kappa shape index (κ1) is 11.8. The van der Waals surface area contributed by atoms with Crippen molar-refractivity contribution in [1.29, 1.82) is 0 Å². The van der Waals surface area contributed by atoms with E-state index >= 15 is 0 Å². The summed E-state index contributed by atoms with van der Waals surface area (Å²) in [6.45, 7) is 0.847. The molecule has 2 aromatic carbocycles. The van der Waals surface area contributed by atoms with Gasteiger partial charge in [0.15, 0.2) is 0 Å². The second-order valence-corrected chi connectivity index (χ2v) is 4.93. The van der Waals surface area contributed by atoms with Gasteiger partial charge in [-0.2, -0.15) is 5.21 Å². The number of nitrogens with one attached hydrogen (secondary N) is 1. The number of tetrazole rings is 1. The maximum absolute atomic E-state index is 3.98. The van der Waals surface area contributed by atoms with Gasteiger partial charge in [0.2, 0.25) is 5.82 Å². The lowest BCUT2D eigenvalue weighted by atomic mass is 10.1. The van der Waals surface area contributed by atoms with E-state index in [0.29, 0.717) is 5.82 Å². The number of para-hydroxylation sites is 1. The van der Waals surface area contributed by atoms with Crippen molar-refractivity contribution in [2.75, 3.05) is 0 Å². The molecule has 0 unspecified atom stereocenters. The van der Waals surface area contributed by atoms with Gasteiger partial charge in [-0.15, -0.1) is 10.2 Å². The molecule has 0 aliphatic carbocycles. The number of H-pyrrole nitrogens is 1. The van der Waals surface area contributed by atoms with E-state index in [-0.39, 0.29) is 0 Å². The van der Waals surface area contributed by atoms with Gasteiger partial charge in [-0.05, 0) is 28.3 Å². The SMILES string of the molecule is c1ccc2c(c1)ccn2Cc1ccc(-c2nn[nH]n2)cc1. The highest BCUT2D eigenvalue weighted by atomic mass is 15.5. The van der Waals surface area contributed by atoms with Crippen molar-refractivity contribution < 1.29 is 0 Å². The van der Waals surface area contributed by atoms with Gasteiger partial charge in [-0.1, -0.05) is 42.5 Å². The van der Waals surface area contributed by atoms with Crippen LogP contribution in [-0.2, 0) is 6.54 Å². The molecule has 2 aromatic heterocycles. The highest BCUT2D eigenvalue weighted by Gasteiger charge is 2.04. The van der Waals surface area contributed by atoms with Crippen LogP contribution in [0.1, 0.15) is 5.56 Å². The molecule has 0 bridgehead atoms. The lowest BCUT2D eigenvalue weighted by molar-refractivity contribution is 0.837. The molecule has 0 aliphatic rings. The minimum Gasteiger partial charge on any atom is -0.343 e. The third-order valence-corrected chi connectivity index (χ3v) is 3.59. The van der Waals surface area contributed by atoms with Gasteiger partial charge in [0.05, 0.1) is 0 Å². The van der Waals surface area contributed by atoms with Crippen LogP contribution >= 0.6 is 0 Å². The summed E-state index contributed by atoms with van der Waals surface area (Å²) in [7, 11) is 0. The highest BCUT2D eigenvalue weighted by Crippen LogP contribution is 2.18. The molecular formula is C16H13N5. The van der Waals surface area contributed by atoms with Gasteiger partial charge >= 0.3 is 0 Å². The molecule has 1 N–H and O–H groups in total. The summed E-state index contributed by atoms with van der Waals surface area (Å²) in [4.78, 5) is 0. The number of rotatable bonds is 3. The molecule has 0 fully saturated rings. The monoisotopic (exact) mass is 275 g/mol. The lowest BCUT2D eigenvalue weighted by Gasteiger charge is -2.06. The summed E-state index contributed by atoms with van der Waals surface area (Å²) in [6.07, 6.45) is 2.12. The number of benzene rings is 2. The van der Waals surface area contributed by atoms with E-state index in [1.165, 1.54) is 16.5 Å². The molecule has 0 amide bonds. The number of aromatic nitrogens is 5. The molecule has 4 aromatic rings. The normalized spacial score (nSPS) is 11.0. The van der Waals surface area contributed by atoms with Crippen LogP contribution in [0, 0.1) is 0 Å². The fraction of sp³-hybridized carbons (Fsp3) is 0.0625. The molecule has 0 spiro atoms. The summed E-state index contributed by atoms with van der Waals surface area (Å²) < 4.78 is 2.25. The zero-order valence-electron chi connectivity index (χ0n) is 11.3. The molecule has 0 atom stereocenters. The Bertz CT molecular complexity index is 859. The van der Waals surface area contributed by atoms with Gasteiger partial charge in [-0.25, -0.2) is 0 Å². The largest absolute Gasteiger partial charge is 0.343 e. The average molecular weight is 275 g/mol. The predicted molar refractivity (Wildman–Crippen MR) is 80.7 cm³/mol. The molecule has 102 valence electrons. The van der Waals surface area contributed by atoms with Crippen molar-refractivity contribution in [3.8, 4) is 11.4 Å². The van der Waals surface area contributed by atoms with Crippen LogP contribution in [0.4, 0.5) is 0 Å². The van der Waals surface area contributed by atoms with E-state index in [2.05, 4.69) is 73.9 Å². The zero-order valence-corrected chi connectivity index (χ0v) is 11.3. The van der Waals surface area contributed by atoms with Crippen molar-refractivity contribution in [3.05, 3.63) is 66.4 Å². The highest BCUT2D eigenvalue weighted by molar-refractivity contribution is 5.80. The van der Waals surface area contributed by atoms with Crippen molar-refractivity contribution >= 4 is 10.9 Å². The standard InChI is InChI=1S/C16H13N5/c1-2-4-15-13(3-1)9-10-21(15)11-12-5-7-14(8-6-12)16-17-19-20-18-16/h1-10H,11H2,(H,17,18,19,20). The van der Waals surface area contributed by atoms with Crippen LogP contribution < -0.4 is 0 Å². The maximum atomic E-state index is 3.98. The first-order chi connectivity index (χ1) is 10.4. The smallest absolute Gasteiger partial charge is 0.204 e. The van der Waals surface area contributed by atoms with Crippen molar-refractivity contribution in [1.82, 2.24) is 25.2 Å². The molecule has 0 saturated heterocycles. The molecule has 0 aliphatic heterocycles. The Kier molecular flexibility index (Phi) is 2.74. The van der Waals surface area contributed by atoms with Gasteiger partial charge < -0.3 is 4.57 Å². The Hall–Kier alpha value is -2.95. The fourth-order valence-corrected chi connectivity index (χ4v) is 2.52. The summed E-state index contributed by atoms with van der Waals surface area (Å²) in [6, 6.07) is 18.8. The Morgan fingerprint density at radius 2 is 1.81 bits per heavy atom. The molecule has 4 rings (SSSR count). The van der Waals surface area contributed by atoms with E-state index < -0.39 is 0 Å². The first-order valence-electron chi connectivity index (χ1n) is 6.77. The Morgan fingerprint density at radius 1 is 0.952 bits per heavy atom. The molecule has 5 heteroatoms. The molecule has 5 nitrogen and oxygen atoms in total. The third-order valence-electron chi connectivity index (χ3n) is 3.59. The summed E-state index contributed by atoms with van der Waals surface area (Å²) >= 11 is 0. The van der Waals surface area contributed by atoms with Gasteiger partial charge in [0.25, 0.3) is 0 Å². The minimum absolute atomic E-state index is 0.618. The van der Waals surface area contributed by atoms with E-state index in [0.717, 1.165) is 12.1 Å². The van der Waals surface area contributed by atoms with Crippen LogP contribution in [0.5, 0.6) is 0 Å². The van der Waals surface area contributed by atoms with Crippen LogP contribution in [0.3, 0.4) is 0 Å². The van der Waals surface area contributed by atoms with E-state index in [9.17, 15) is 0 Å². The second kappa shape index (κ2) is 4.86. The fourth-order valence-electron chi connectivity index (χ4n) is 2.52. The van der Waals surface area contributed by atoms with E-state index in [1.807, 2.05) is 12.1 Å². The third kappa shape index (κ3) is 2.18. The Balaban J connectivity index is 1.63. The summed E-state index contributed by atoms with van der Waals surface area (Å²) in [5.41, 5.74) is 3.45. The summed E-state index contributed by atoms with van der Waals surface area (Å²) in [5.74, 6) is 0.618. The molecular weight excluding hydrogens is 262 g/mol. The van der Waals surface area contributed by atoms with Crippen LogP contribution in [0.2, 0.25) is 0 Å². The first-order valence-corrected chi connectivity index (χ1v) is 6.77. The van der Waals surface area contributed by atoms with Crippen molar-refractivity contribution in [2.24, 2.45) is 0 Å². The topological polar surface area (TPSA) is 59.4 Å². The minimum atomic E-state index is 0.618. The van der Waals surface area contributed by atoms with Gasteiger partial charge in [0, 0.05) is 23.8 Å². The summed E-state index contributed by atoms with van der Waals surface area (Å²) in [5, 5.41) is 15.3. The van der Waals surface area contributed by atoms with Gasteiger partial charge in [0.1, 0.15) is 0 Å². The number of nitrogens with zero attached hydrogens (tertiary/aromatic N) is 4. The second-order valence-electron chi connectivity index (χ2n) is 4.93. The Morgan fingerprint density at radius 3 is 2.62 bits per heavy atom. The van der Waals surface area contributed by atoms with Crippen LogP contribution in [0.25, 0.3) is 22.3 Å². The number of hydrogen-bond acceptors (Lipinski definition) is 3. The van der Waals surface area contributed by atoms with Gasteiger partial charge in [-0.3, -0.25) is 0 Å². The molecule has 2 heterocycles. The quantitative estimate of drug-likeness (QED) is 0.625. The van der Waals surface area contributed by atoms with Crippen molar-refractivity contribution in [2.45, 2.75) is 6.54 Å². The Labute approximate surface area is 121 Å². The average Bonchev–Trinajstić information content (AvgIpc) is 3.19. The molecule has 0 radical (unpaired) electrons. The van der Waals surface area contributed by atoms with Crippen LogP contribution in [-0.4, -0.2) is 25.2 Å². The number of aromatic amines is 1. The number of fused-ring (bicyclic) bond motifs is 1.